The lowest BCUT2D eigenvalue weighted by atomic mass is 9.79. The Balaban J connectivity index is 1.72. The minimum atomic E-state index is 0.378. The van der Waals surface area contributed by atoms with Crippen LogP contribution < -0.4 is 11.3 Å². The Kier molecular flexibility index (Phi) is 3.97. The van der Waals surface area contributed by atoms with Gasteiger partial charge >= 0.3 is 0 Å². The zero-order chi connectivity index (χ0) is 13.1. The summed E-state index contributed by atoms with van der Waals surface area (Å²) in [5.74, 6) is 6.43. The van der Waals surface area contributed by atoms with Crippen LogP contribution in [0.5, 0.6) is 0 Å². The fourth-order valence-electron chi connectivity index (χ4n) is 3.09. The fourth-order valence-corrected chi connectivity index (χ4v) is 3.78. The standard InChI is InChI=1S/C16H20N2S/c17-18-16(9-12-7-8-19-11-12)15-6-5-13-3-1-2-4-14(13)10-15/h1-4,7-8,11,15-16,18H,5-6,9-10,17H2. The molecule has 2 unspecified atom stereocenters. The van der Waals surface area contributed by atoms with E-state index in [9.17, 15) is 0 Å². The molecule has 1 aromatic carbocycles. The number of hydrogen-bond acceptors (Lipinski definition) is 3. The number of nitrogens with two attached hydrogens (primary N) is 1. The lowest BCUT2D eigenvalue weighted by molar-refractivity contribution is 0.321. The average molecular weight is 272 g/mol. The molecule has 1 aliphatic carbocycles. The summed E-state index contributed by atoms with van der Waals surface area (Å²) in [6.07, 6.45) is 4.60. The van der Waals surface area contributed by atoms with Gasteiger partial charge in [-0.25, -0.2) is 0 Å². The van der Waals surface area contributed by atoms with E-state index in [0.717, 1.165) is 12.8 Å². The van der Waals surface area contributed by atoms with E-state index in [2.05, 4.69) is 46.5 Å². The van der Waals surface area contributed by atoms with Gasteiger partial charge in [0.1, 0.15) is 0 Å². The van der Waals surface area contributed by atoms with E-state index in [1.807, 2.05) is 0 Å². The first kappa shape index (κ1) is 12.9. The lowest BCUT2D eigenvalue weighted by Gasteiger charge is -2.31. The molecule has 1 aromatic heterocycles. The van der Waals surface area contributed by atoms with Crippen LogP contribution in [0.15, 0.2) is 41.1 Å². The van der Waals surface area contributed by atoms with E-state index in [1.165, 1.54) is 29.5 Å². The van der Waals surface area contributed by atoms with Gasteiger partial charge in [-0.05, 0) is 65.1 Å². The molecule has 0 spiro atoms. The molecule has 1 aliphatic rings. The first-order valence-corrected chi connectivity index (χ1v) is 7.85. The second-order valence-electron chi connectivity index (χ2n) is 5.38. The van der Waals surface area contributed by atoms with E-state index < -0.39 is 0 Å². The van der Waals surface area contributed by atoms with Gasteiger partial charge in [-0.2, -0.15) is 11.3 Å². The van der Waals surface area contributed by atoms with Gasteiger partial charge in [0.05, 0.1) is 0 Å². The van der Waals surface area contributed by atoms with Crippen molar-refractivity contribution < 1.29 is 0 Å². The third-order valence-corrected chi connectivity index (χ3v) is 4.94. The van der Waals surface area contributed by atoms with Crippen molar-refractivity contribution in [3.05, 3.63) is 57.8 Å². The molecule has 3 N–H and O–H groups in total. The number of rotatable bonds is 4. The molecule has 19 heavy (non-hydrogen) atoms. The summed E-state index contributed by atoms with van der Waals surface area (Å²) in [6.45, 7) is 0. The van der Waals surface area contributed by atoms with Gasteiger partial charge in [-0.3, -0.25) is 11.3 Å². The summed E-state index contributed by atoms with van der Waals surface area (Å²) in [4.78, 5) is 0. The minimum absolute atomic E-state index is 0.378. The Hall–Kier alpha value is -1.16. The van der Waals surface area contributed by atoms with Crippen LogP contribution in [0.25, 0.3) is 0 Å². The Bertz CT molecular complexity index is 521. The molecule has 3 heteroatoms. The van der Waals surface area contributed by atoms with Crippen molar-refractivity contribution in [3.8, 4) is 0 Å². The smallest absolute Gasteiger partial charge is 0.0282 e. The Labute approximate surface area is 118 Å². The van der Waals surface area contributed by atoms with Crippen LogP contribution >= 0.6 is 11.3 Å². The zero-order valence-corrected chi connectivity index (χ0v) is 11.8. The molecule has 0 fully saturated rings. The van der Waals surface area contributed by atoms with E-state index in [0.29, 0.717) is 12.0 Å². The molecule has 0 radical (unpaired) electrons. The first-order valence-electron chi connectivity index (χ1n) is 6.91. The van der Waals surface area contributed by atoms with Crippen LogP contribution in [0.2, 0.25) is 0 Å². The van der Waals surface area contributed by atoms with Crippen LogP contribution in [-0.2, 0) is 19.3 Å². The summed E-state index contributed by atoms with van der Waals surface area (Å²) >= 11 is 1.76. The first-order chi connectivity index (χ1) is 9.36. The number of thiophene rings is 1. The highest BCUT2D eigenvalue weighted by atomic mass is 32.1. The summed E-state index contributed by atoms with van der Waals surface area (Å²) in [6, 6.07) is 11.4. The topological polar surface area (TPSA) is 38.0 Å². The van der Waals surface area contributed by atoms with Gasteiger partial charge < -0.3 is 0 Å². The van der Waals surface area contributed by atoms with E-state index in [-0.39, 0.29) is 0 Å². The van der Waals surface area contributed by atoms with E-state index in [4.69, 9.17) is 5.84 Å². The van der Waals surface area contributed by atoms with Crippen LogP contribution in [0.3, 0.4) is 0 Å². The average Bonchev–Trinajstić information content (AvgIpc) is 2.97. The van der Waals surface area contributed by atoms with Crippen LogP contribution in [0, 0.1) is 5.92 Å². The van der Waals surface area contributed by atoms with E-state index >= 15 is 0 Å². The minimum Gasteiger partial charge on any atom is -0.271 e. The van der Waals surface area contributed by atoms with E-state index in [1.54, 1.807) is 11.3 Å². The second-order valence-corrected chi connectivity index (χ2v) is 6.16. The van der Waals surface area contributed by atoms with Gasteiger partial charge in [-0.1, -0.05) is 24.3 Å². The molecule has 3 rings (SSSR count). The molecule has 2 nitrogen and oxygen atoms in total. The second kappa shape index (κ2) is 5.87. The molecule has 100 valence electrons. The summed E-state index contributed by atoms with van der Waals surface area (Å²) in [5.41, 5.74) is 7.46. The molecular weight excluding hydrogens is 252 g/mol. The molecule has 0 amide bonds. The predicted molar refractivity (Wildman–Crippen MR) is 81.1 cm³/mol. The van der Waals surface area contributed by atoms with Crippen molar-refractivity contribution in [1.29, 1.82) is 0 Å². The van der Waals surface area contributed by atoms with Crippen LogP contribution in [-0.4, -0.2) is 6.04 Å². The number of nitrogens with one attached hydrogen (secondary N) is 1. The zero-order valence-electron chi connectivity index (χ0n) is 11.0. The van der Waals surface area contributed by atoms with Crippen LogP contribution in [0.1, 0.15) is 23.1 Å². The molecule has 0 bridgehead atoms. The van der Waals surface area contributed by atoms with Crippen molar-refractivity contribution in [2.75, 3.05) is 0 Å². The Morgan fingerprint density at radius 1 is 1.26 bits per heavy atom. The summed E-state index contributed by atoms with van der Waals surface area (Å²) < 4.78 is 0. The van der Waals surface area contributed by atoms with Crippen molar-refractivity contribution in [2.24, 2.45) is 11.8 Å². The summed E-state index contributed by atoms with van der Waals surface area (Å²) in [7, 11) is 0. The molecular formula is C16H20N2S. The SMILES string of the molecule is NNC(Cc1ccsc1)C1CCc2ccccc2C1. The number of hydrogen-bond donors (Lipinski definition) is 2. The predicted octanol–water partition coefficient (Wildman–Crippen LogP) is 2.93. The van der Waals surface area contributed by atoms with Crippen molar-refractivity contribution in [1.82, 2.24) is 5.43 Å². The van der Waals surface area contributed by atoms with Gasteiger partial charge in [-0.15, -0.1) is 0 Å². The highest BCUT2D eigenvalue weighted by molar-refractivity contribution is 7.07. The van der Waals surface area contributed by atoms with Gasteiger partial charge in [0, 0.05) is 6.04 Å². The van der Waals surface area contributed by atoms with Crippen LogP contribution in [0.4, 0.5) is 0 Å². The number of benzene rings is 1. The third kappa shape index (κ3) is 2.89. The summed E-state index contributed by atoms with van der Waals surface area (Å²) in [5, 5.41) is 4.36. The molecule has 0 saturated heterocycles. The normalized spacial score (nSPS) is 19.9. The quantitative estimate of drug-likeness (QED) is 0.663. The highest BCUT2D eigenvalue weighted by Gasteiger charge is 2.25. The van der Waals surface area contributed by atoms with Crippen molar-refractivity contribution >= 4 is 11.3 Å². The maximum Gasteiger partial charge on any atom is 0.0282 e. The molecule has 0 saturated carbocycles. The number of hydrazine groups is 1. The number of fused-ring (bicyclic) bond motifs is 1. The monoisotopic (exact) mass is 272 g/mol. The van der Waals surface area contributed by atoms with Gasteiger partial charge in [0.25, 0.3) is 0 Å². The molecule has 2 atom stereocenters. The molecule has 0 aliphatic heterocycles. The molecule has 2 aromatic rings. The number of aryl methyl sites for hydroxylation is 1. The maximum atomic E-state index is 5.79. The lowest BCUT2D eigenvalue weighted by Crippen LogP contribution is -2.44. The Morgan fingerprint density at radius 2 is 2.11 bits per heavy atom. The van der Waals surface area contributed by atoms with Gasteiger partial charge in [0.15, 0.2) is 0 Å². The highest BCUT2D eigenvalue weighted by Crippen LogP contribution is 2.28. The van der Waals surface area contributed by atoms with Gasteiger partial charge in [0.2, 0.25) is 0 Å². The van der Waals surface area contributed by atoms with Crippen molar-refractivity contribution in [2.45, 2.75) is 31.7 Å². The Morgan fingerprint density at radius 3 is 2.84 bits per heavy atom. The fraction of sp³-hybridized carbons (Fsp3) is 0.375. The largest absolute Gasteiger partial charge is 0.271 e. The van der Waals surface area contributed by atoms with Crippen molar-refractivity contribution in [3.63, 3.8) is 0 Å². The maximum absolute atomic E-state index is 5.79. The third-order valence-electron chi connectivity index (χ3n) is 4.20. The molecule has 1 heterocycles.